The number of nitriles is 1. The second-order valence-corrected chi connectivity index (χ2v) is 9.19. The van der Waals surface area contributed by atoms with E-state index >= 15 is 0 Å². The van der Waals surface area contributed by atoms with E-state index in [1.807, 2.05) is 37.4 Å². The van der Waals surface area contributed by atoms with E-state index in [4.69, 9.17) is 15.2 Å². The maximum absolute atomic E-state index is 9.15. The number of hydrogen-bond acceptors (Lipinski definition) is 8. The molecule has 8 heteroatoms. The fraction of sp³-hybridized carbons (Fsp3) is 0.292. The molecule has 1 aliphatic rings. The van der Waals surface area contributed by atoms with Crippen molar-refractivity contribution >= 4 is 33.2 Å². The van der Waals surface area contributed by atoms with Gasteiger partial charge in [-0.2, -0.15) is 5.26 Å². The van der Waals surface area contributed by atoms with Crippen molar-refractivity contribution in [3.8, 4) is 16.8 Å². The summed E-state index contributed by atoms with van der Waals surface area (Å²) in [6, 6.07) is 12.4. The first-order valence-electron chi connectivity index (χ1n) is 10.6. The molecule has 1 aliphatic heterocycles. The Balaban J connectivity index is 1.36. The van der Waals surface area contributed by atoms with Crippen molar-refractivity contribution in [1.82, 2.24) is 24.8 Å². The van der Waals surface area contributed by atoms with Crippen LogP contribution in [-0.2, 0) is 6.54 Å². The fourth-order valence-electron chi connectivity index (χ4n) is 3.94. The monoisotopic (exact) mass is 441 g/mol. The summed E-state index contributed by atoms with van der Waals surface area (Å²) in [7, 11) is 0. The van der Waals surface area contributed by atoms with E-state index in [0.29, 0.717) is 5.82 Å². The average molecular weight is 442 g/mol. The maximum Gasteiger partial charge on any atom is 0.143 e. The normalized spacial score (nSPS) is 16.3. The number of nitrogens with one attached hydrogen (secondary N) is 1. The van der Waals surface area contributed by atoms with Gasteiger partial charge in [-0.1, -0.05) is 12.1 Å². The van der Waals surface area contributed by atoms with Gasteiger partial charge in [0.1, 0.15) is 22.3 Å². The number of nitrogens with zero attached hydrogens (tertiary/aromatic N) is 6. The molecule has 1 fully saturated rings. The van der Waals surface area contributed by atoms with Crippen LogP contribution in [0.2, 0.25) is 0 Å². The number of pyridine rings is 3. The minimum absolute atomic E-state index is 0.130. The highest BCUT2D eigenvalue weighted by Gasteiger charge is 2.23. The molecule has 0 aliphatic carbocycles. The van der Waals surface area contributed by atoms with Crippen molar-refractivity contribution in [2.75, 3.05) is 18.4 Å². The SMILES string of the molecule is Cc1ccc(Nc2cc3nc(-c4ncccc4C)sc3cn2)nc1CN1CCC(C#N)C1. The Kier molecular flexibility index (Phi) is 5.52. The Labute approximate surface area is 190 Å². The molecule has 1 saturated heterocycles. The summed E-state index contributed by atoms with van der Waals surface area (Å²) in [6.07, 6.45) is 4.58. The predicted molar refractivity (Wildman–Crippen MR) is 127 cm³/mol. The van der Waals surface area contributed by atoms with Gasteiger partial charge in [0.2, 0.25) is 0 Å². The number of aryl methyl sites for hydroxylation is 2. The Hall–Kier alpha value is -3.41. The van der Waals surface area contributed by atoms with E-state index in [1.165, 1.54) is 0 Å². The van der Waals surface area contributed by atoms with E-state index in [1.54, 1.807) is 17.5 Å². The second-order valence-electron chi connectivity index (χ2n) is 8.16. The van der Waals surface area contributed by atoms with E-state index in [-0.39, 0.29) is 5.92 Å². The lowest BCUT2D eigenvalue weighted by molar-refractivity contribution is 0.320. The molecule has 4 aromatic rings. The molecule has 0 aromatic carbocycles. The molecule has 0 amide bonds. The van der Waals surface area contributed by atoms with Gasteiger partial charge in [-0.15, -0.1) is 11.3 Å². The van der Waals surface area contributed by atoms with Gasteiger partial charge >= 0.3 is 0 Å². The Bertz CT molecular complexity index is 1320. The van der Waals surface area contributed by atoms with Crippen LogP contribution in [0.1, 0.15) is 23.2 Å². The van der Waals surface area contributed by atoms with Gasteiger partial charge in [-0.05, 0) is 50.1 Å². The Morgan fingerprint density at radius 2 is 2.06 bits per heavy atom. The first-order valence-corrected chi connectivity index (χ1v) is 11.4. The summed E-state index contributed by atoms with van der Waals surface area (Å²) in [5.41, 5.74) is 5.08. The molecular weight excluding hydrogens is 418 g/mol. The van der Waals surface area contributed by atoms with Crippen molar-refractivity contribution < 1.29 is 0 Å². The number of hydrogen-bond donors (Lipinski definition) is 1. The molecular formula is C24H23N7S. The van der Waals surface area contributed by atoms with E-state index in [2.05, 4.69) is 39.2 Å². The molecule has 5 rings (SSSR count). The van der Waals surface area contributed by atoms with Gasteiger partial charge in [0.05, 0.1) is 27.9 Å². The maximum atomic E-state index is 9.15. The predicted octanol–water partition coefficient (Wildman–Crippen LogP) is 4.85. The summed E-state index contributed by atoms with van der Waals surface area (Å²) in [6.45, 7) is 6.63. The lowest BCUT2D eigenvalue weighted by Crippen LogP contribution is -2.21. The third kappa shape index (κ3) is 4.17. The van der Waals surface area contributed by atoms with E-state index in [9.17, 15) is 0 Å². The number of aromatic nitrogens is 4. The largest absolute Gasteiger partial charge is 0.325 e. The van der Waals surface area contributed by atoms with Crippen LogP contribution in [0.25, 0.3) is 20.9 Å². The van der Waals surface area contributed by atoms with Crippen LogP contribution in [0.15, 0.2) is 42.7 Å². The lowest BCUT2D eigenvalue weighted by Gasteiger charge is -2.16. The van der Waals surface area contributed by atoms with Crippen LogP contribution in [0.5, 0.6) is 0 Å². The highest BCUT2D eigenvalue weighted by Crippen LogP contribution is 2.31. The molecule has 1 atom stereocenters. The van der Waals surface area contributed by atoms with Crippen LogP contribution in [0.4, 0.5) is 11.6 Å². The molecule has 5 heterocycles. The topological polar surface area (TPSA) is 90.6 Å². The van der Waals surface area contributed by atoms with Gasteiger partial charge < -0.3 is 5.32 Å². The lowest BCUT2D eigenvalue weighted by atomic mass is 10.1. The number of likely N-dealkylation sites (tertiary alicyclic amines) is 1. The van der Waals surface area contributed by atoms with Crippen LogP contribution >= 0.6 is 11.3 Å². The Morgan fingerprint density at radius 1 is 1.16 bits per heavy atom. The summed E-state index contributed by atoms with van der Waals surface area (Å²) in [4.78, 5) is 21.0. The zero-order valence-electron chi connectivity index (χ0n) is 18.0. The molecule has 7 nitrogen and oxygen atoms in total. The van der Waals surface area contributed by atoms with Crippen LogP contribution in [0, 0.1) is 31.1 Å². The highest BCUT2D eigenvalue weighted by molar-refractivity contribution is 7.21. The summed E-state index contributed by atoms with van der Waals surface area (Å²) < 4.78 is 1.02. The summed E-state index contributed by atoms with van der Waals surface area (Å²) in [5.74, 6) is 1.59. The van der Waals surface area contributed by atoms with Crippen molar-refractivity contribution in [3.05, 3.63) is 59.5 Å². The third-order valence-corrected chi connectivity index (χ3v) is 6.79. The van der Waals surface area contributed by atoms with Crippen LogP contribution < -0.4 is 5.32 Å². The van der Waals surface area contributed by atoms with Gasteiger partial charge in [-0.3, -0.25) is 9.88 Å². The first-order chi connectivity index (χ1) is 15.6. The van der Waals surface area contributed by atoms with E-state index < -0.39 is 0 Å². The third-order valence-electron chi connectivity index (χ3n) is 5.77. The van der Waals surface area contributed by atoms with Crippen LogP contribution in [0.3, 0.4) is 0 Å². The molecule has 0 saturated carbocycles. The smallest absolute Gasteiger partial charge is 0.143 e. The standard InChI is InChI=1S/C24H23N7S/c1-15-5-6-21(28-19(15)14-31-9-7-17(11-25)13-31)30-22-10-18-20(12-27-22)32-24(29-18)23-16(2)4-3-8-26-23/h3-6,8,10,12,17H,7,9,13-14H2,1-2H3,(H,27,28,30). The quantitative estimate of drug-likeness (QED) is 0.473. The fourth-order valence-corrected chi connectivity index (χ4v) is 4.92. The van der Waals surface area contributed by atoms with Crippen molar-refractivity contribution in [2.24, 2.45) is 5.92 Å². The first kappa shape index (κ1) is 20.5. The molecule has 160 valence electrons. The minimum Gasteiger partial charge on any atom is -0.325 e. The molecule has 0 bridgehead atoms. The zero-order valence-corrected chi connectivity index (χ0v) is 18.9. The number of anilines is 2. The van der Waals surface area contributed by atoms with Gasteiger partial charge in [0.15, 0.2) is 0 Å². The molecule has 32 heavy (non-hydrogen) atoms. The van der Waals surface area contributed by atoms with E-state index in [0.717, 1.165) is 69.6 Å². The molecule has 4 aromatic heterocycles. The molecule has 1 unspecified atom stereocenters. The van der Waals surface area contributed by atoms with Crippen molar-refractivity contribution in [1.29, 1.82) is 5.26 Å². The summed E-state index contributed by atoms with van der Waals surface area (Å²) >= 11 is 1.60. The van der Waals surface area contributed by atoms with Gasteiger partial charge in [0, 0.05) is 31.5 Å². The molecule has 0 spiro atoms. The van der Waals surface area contributed by atoms with Crippen LogP contribution in [-0.4, -0.2) is 37.9 Å². The second kappa shape index (κ2) is 8.61. The van der Waals surface area contributed by atoms with Crippen molar-refractivity contribution in [2.45, 2.75) is 26.8 Å². The van der Waals surface area contributed by atoms with Crippen molar-refractivity contribution in [3.63, 3.8) is 0 Å². The number of rotatable bonds is 5. The molecule has 0 radical (unpaired) electrons. The average Bonchev–Trinajstić information content (AvgIpc) is 3.42. The number of fused-ring (bicyclic) bond motifs is 1. The highest BCUT2D eigenvalue weighted by atomic mass is 32.1. The molecule has 1 N–H and O–H groups in total. The zero-order chi connectivity index (χ0) is 22.1. The Morgan fingerprint density at radius 3 is 2.88 bits per heavy atom. The van der Waals surface area contributed by atoms with Gasteiger partial charge in [0.25, 0.3) is 0 Å². The minimum atomic E-state index is 0.130. The summed E-state index contributed by atoms with van der Waals surface area (Å²) in [5, 5.41) is 13.4. The van der Waals surface area contributed by atoms with Gasteiger partial charge in [-0.25, -0.2) is 15.0 Å². The number of thiazole rings is 1.